The largest absolute Gasteiger partial charge is 0.481 e. The maximum Gasteiger partial charge on any atom is 0.326 e. The van der Waals surface area contributed by atoms with E-state index in [1.54, 1.807) is 16.7 Å². The third kappa shape index (κ3) is 3.70. The summed E-state index contributed by atoms with van der Waals surface area (Å²) in [6, 6.07) is 2.38. The maximum atomic E-state index is 12.6. The molecule has 0 bridgehead atoms. The number of nitrogens with one attached hydrogen (secondary N) is 1. The Morgan fingerprint density at radius 1 is 1.29 bits per heavy atom. The number of nitrogens with zero attached hydrogens (tertiary/aromatic N) is 2. The molecule has 1 unspecified atom stereocenters. The Hall–Kier alpha value is -2.90. The molecule has 0 aliphatic rings. The highest BCUT2D eigenvalue weighted by atomic mass is 16.4. The summed E-state index contributed by atoms with van der Waals surface area (Å²) in [5.41, 5.74) is 2.36. The average Bonchev–Trinajstić information content (AvgIpc) is 2.88. The number of carboxylic acid groups (broad SMARTS) is 2. The lowest BCUT2D eigenvalue weighted by molar-refractivity contribution is -0.140. The van der Waals surface area contributed by atoms with Crippen molar-refractivity contribution < 1.29 is 24.6 Å². The van der Waals surface area contributed by atoms with E-state index >= 15 is 0 Å². The van der Waals surface area contributed by atoms with Gasteiger partial charge < -0.3 is 15.5 Å². The van der Waals surface area contributed by atoms with Gasteiger partial charge in [-0.1, -0.05) is 13.0 Å². The van der Waals surface area contributed by atoms with Crippen molar-refractivity contribution in [3.05, 3.63) is 35.3 Å². The molecule has 0 fully saturated rings. The molecule has 8 heteroatoms. The number of imidazole rings is 1. The highest BCUT2D eigenvalue weighted by Gasteiger charge is 2.25. The predicted octanol–water partition coefficient (Wildman–Crippen LogP) is 1.25. The number of aryl methyl sites for hydroxylation is 2. The van der Waals surface area contributed by atoms with Crippen LogP contribution in [0.25, 0.3) is 5.65 Å². The molecule has 0 saturated heterocycles. The zero-order valence-corrected chi connectivity index (χ0v) is 13.4. The van der Waals surface area contributed by atoms with Crippen molar-refractivity contribution in [2.24, 2.45) is 0 Å². The first-order valence-corrected chi connectivity index (χ1v) is 7.56. The van der Waals surface area contributed by atoms with Crippen LogP contribution in [-0.4, -0.2) is 43.5 Å². The van der Waals surface area contributed by atoms with Gasteiger partial charge in [0.1, 0.15) is 17.4 Å². The van der Waals surface area contributed by atoms with Crippen LogP contribution in [-0.2, 0) is 16.0 Å². The lowest BCUT2D eigenvalue weighted by atomic mass is 10.1. The highest BCUT2D eigenvalue weighted by Crippen LogP contribution is 2.15. The molecule has 0 saturated carbocycles. The summed E-state index contributed by atoms with van der Waals surface area (Å²) in [7, 11) is 0. The van der Waals surface area contributed by atoms with Gasteiger partial charge in [0.15, 0.2) is 0 Å². The number of carboxylic acids is 2. The minimum absolute atomic E-state index is 0.187. The van der Waals surface area contributed by atoms with E-state index in [0.717, 1.165) is 5.56 Å². The molecule has 1 amide bonds. The van der Waals surface area contributed by atoms with Crippen molar-refractivity contribution in [1.29, 1.82) is 0 Å². The van der Waals surface area contributed by atoms with Crippen molar-refractivity contribution >= 4 is 23.5 Å². The third-order valence-corrected chi connectivity index (χ3v) is 3.64. The number of hydrogen-bond donors (Lipinski definition) is 3. The Kier molecular flexibility index (Phi) is 5.18. The molecule has 8 nitrogen and oxygen atoms in total. The third-order valence-electron chi connectivity index (χ3n) is 3.64. The number of rotatable bonds is 7. The molecule has 2 rings (SSSR count). The predicted molar refractivity (Wildman–Crippen MR) is 85.1 cm³/mol. The van der Waals surface area contributed by atoms with E-state index < -0.39 is 23.9 Å². The second kappa shape index (κ2) is 7.12. The molecule has 128 valence electrons. The van der Waals surface area contributed by atoms with Crippen LogP contribution in [0.4, 0.5) is 0 Å². The summed E-state index contributed by atoms with van der Waals surface area (Å²) in [5, 5.41) is 20.3. The van der Waals surface area contributed by atoms with Crippen LogP contribution in [0.5, 0.6) is 0 Å². The summed E-state index contributed by atoms with van der Waals surface area (Å²) < 4.78 is 1.62. The lowest BCUT2D eigenvalue weighted by Gasteiger charge is -2.14. The number of pyridine rings is 1. The quantitative estimate of drug-likeness (QED) is 0.701. The van der Waals surface area contributed by atoms with Crippen LogP contribution in [0.3, 0.4) is 0 Å². The molecule has 0 aromatic carbocycles. The Morgan fingerprint density at radius 3 is 2.58 bits per heavy atom. The number of aliphatic carboxylic acids is 2. The molecule has 24 heavy (non-hydrogen) atoms. The van der Waals surface area contributed by atoms with E-state index in [1.165, 1.54) is 0 Å². The van der Waals surface area contributed by atoms with E-state index in [0.29, 0.717) is 17.8 Å². The van der Waals surface area contributed by atoms with Crippen LogP contribution in [0.15, 0.2) is 18.3 Å². The maximum absolute atomic E-state index is 12.6. The number of aromatic nitrogens is 2. The molecule has 2 heterocycles. The number of carbonyl (C=O) groups is 3. The molecule has 2 aromatic heterocycles. The van der Waals surface area contributed by atoms with E-state index in [4.69, 9.17) is 5.11 Å². The SMILES string of the molecule is CCc1nc2ccc(C)cn2c1C(=O)NC(CCC(=O)O)C(=O)O. The number of hydrogen-bond acceptors (Lipinski definition) is 4. The minimum Gasteiger partial charge on any atom is -0.481 e. The van der Waals surface area contributed by atoms with Gasteiger partial charge in [0.05, 0.1) is 5.69 Å². The van der Waals surface area contributed by atoms with Gasteiger partial charge in [-0.2, -0.15) is 0 Å². The van der Waals surface area contributed by atoms with Gasteiger partial charge in [-0.25, -0.2) is 9.78 Å². The molecule has 2 aromatic rings. The molecule has 1 atom stereocenters. The molecular formula is C16H19N3O5. The van der Waals surface area contributed by atoms with Gasteiger partial charge in [-0.05, 0) is 31.4 Å². The second-order valence-corrected chi connectivity index (χ2v) is 5.49. The van der Waals surface area contributed by atoms with Crippen LogP contribution >= 0.6 is 0 Å². The minimum atomic E-state index is -1.27. The highest BCUT2D eigenvalue weighted by molar-refractivity contribution is 5.97. The van der Waals surface area contributed by atoms with Crippen molar-refractivity contribution in [3.8, 4) is 0 Å². The van der Waals surface area contributed by atoms with Gasteiger partial charge in [0.2, 0.25) is 0 Å². The second-order valence-electron chi connectivity index (χ2n) is 5.49. The van der Waals surface area contributed by atoms with Crippen LogP contribution in [0.1, 0.15) is 41.5 Å². The zero-order chi connectivity index (χ0) is 17.9. The van der Waals surface area contributed by atoms with E-state index in [-0.39, 0.29) is 18.5 Å². The number of carbonyl (C=O) groups excluding carboxylic acids is 1. The first kappa shape index (κ1) is 17.5. The van der Waals surface area contributed by atoms with Crippen LogP contribution < -0.4 is 5.32 Å². The molecule has 0 radical (unpaired) electrons. The molecular weight excluding hydrogens is 314 g/mol. The smallest absolute Gasteiger partial charge is 0.326 e. The molecule has 0 spiro atoms. The standard InChI is InChI=1S/C16H19N3O5/c1-3-10-14(19-8-9(2)4-6-12(19)17-10)15(22)18-11(16(23)24)5-7-13(20)21/h4,6,8,11H,3,5,7H2,1-2H3,(H,18,22)(H,20,21)(H,23,24). The van der Waals surface area contributed by atoms with Crippen molar-refractivity contribution in [3.63, 3.8) is 0 Å². The Labute approximate surface area is 138 Å². The summed E-state index contributed by atoms with van der Waals surface area (Å²) in [5.74, 6) is -2.97. The summed E-state index contributed by atoms with van der Waals surface area (Å²) in [6.45, 7) is 3.73. The summed E-state index contributed by atoms with van der Waals surface area (Å²) in [6.07, 6.45) is 1.73. The van der Waals surface area contributed by atoms with Crippen LogP contribution in [0.2, 0.25) is 0 Å². The monoisotopic (exact) mass is 333 g/mol. The van der Waals surface area contributed by atoms with Gasteiger partial charge in [-0.15, -0.1) is 0 Å². The fourth-order valence-corrected chi connectivity index (χ4v) is 2.44. The molecule has 0 aliphatic carbocycles. The Balaban J connectivity index is 2.34. The van der Waals surface area contributed by atoms with E-state index in [1.807, 2.05) is 19.9 Å². The first-order valence-electron chi connectivity index (χ1n) is 7.56. The summed E-state index contributed by atoms with van der Waals surface area (Å²) >= 11 is 0. The van der Waals surface area contributed by atoms with Crippen molar-refractivity contribution in [2.45, 2.75) is 39.2 Å². The van der Waals surface area contributed by atoms with Gasteiger partial charge in [-0.3, -0.25) is 14.0 Å². The van der Waals surface area contributed by atoms with Crippen molar-refractivity contribution in [2.75, 3.05) is 0 Å². The molecule has 0 aliphatic heterocycles. The van der Waals surface area contributed by atoms with Gasteiger partial charge in [0, 0.05) is 12.6 Å². The fraction of sp³-hybridized carbons (Fsp3) is 0.375. The topological polar surface area (TPSA) is 121 Å². The first-order chi connectivity index (χ1) is 11.3. The van der Waals surface area contributed by atoms with Gasteiger partial charge in [0.25, 0.3) is 5.91 Å². The summed E-state index contributed by atoms with van der Waals surface area (Å²) in [4.78, 5) is 38.9. The fourth-order valence-electron chi connectivity index (χ4n) is 2.44. The van der Waals surface area contributed by atoms with Crippen LogP contribution in [0, 0.1) is 6.92 Å². The Bertz CT molecular complexity index is 796. The number of fused-ring (bicyclic) bond motifs is 1. The van der Waals surface area contributed by atoms with E-state index in [2.05, 4.69) is 10.3 Å². The van der Waals surface area contributed by atoms with E-state index in [9.17, 15) is 19.5 Å². The number of amides is 1. The zero-order valence-electron chi connectivity index (χ0n) is 13.4. The molecule has 3 N–H and O–H groups in total. The Morgan fingerprint density at radius 2 is 2.00 bits per heavy atom. The lowest BCUT2D eigenvalue weighted by Crippen LogP contribution is -2.41. The van der Waals surface area contributed by atoms with Gasteiger partial charge >= 0.3 is 11.9 Å². The average molecular weight is 333 g/mol. The normalized spacial score (nSPS) is 12.1. The van der Waals surface area contributed by atoms with Crippen molar-refractivity contribution in [1.82, 2.24) is 14.7 Å².